The summed E-state index contributed by atoms with van der Waals surface area (Å²) in [7, 11) is 0. The van der Waals surface area contributed by atoms with E-state index in [0.29, 0.717) is 32.8 Å². The Labute approximate surface area is 279 Å². The maximum atomic E-state index is 15.2. The number of halogens is 7. The summed E-state index contributed by atoms with van der Waals surface area (Å²) in [5, 5.41) is 23.9. The smallest absolute Gasteiger partial charge is 0.378 e. The van der Waals surface area contributed by atoms with Gasteiger partial charge in [0.05, 0.1) is 23.4 Å². The molecule has 0 radical (unpaired) electrons. The lowest BCUT2D eigenvalue weighted by molar-refractivity contribution is -0.142. The first-order valence-corrected chi connectivity index (χ1v) is 15.5. The molecular weight excluding hydrogens is 669 g/mol. The Hall–Kier alpha value is -5.23. The van der Waals surface area contributed by atoms with Gasteiger partial charge in [-0.05, 0) is 80.0 Å². The zero-order valence-electron chi connectivity index (χ0n) is 26.3. The highest BCUT2D eigenvalue weighted by Crippen LogP contribution is 2.68. The minimum Gasteiger partial charge on any atom is -0.378 e. The summed E-state index contributed by atoms with van der Waals surface area (Å²) in [5.74, 6) is -3.34. The summed E-state index contributed by atoms with van der Waals surface area (Å²) >= 11 is 0. The Kier molecular flexibility index (Phi) is 7.78. The third kappa shape index (κ3) is 6.19. The fourth-order valence-electron chi connectivity index (χ4n) is 6.61. The van der Waals surface area contributed by atoms with Crippen LogP contribution in [0.1, 0.15) is 66.1 Å². The minimum absolute atomic E-state index is 0.0843. The number of rotatable bonds is 7. The van der Waals surface area contributed by atoms with Gasteiger partial charge in [-0.15, -0.1) is 0 Å². The number of pyridine rings is 1. The molecule has 3 heterocycles. The molecule has 15 heteroatoms. The van der Waals surface area contributed by atoms with E-state index in [1.807, 2.05) is 0 Å². The minimum atomic E-state index is -5.03. The number of aliphatic hydroxyl groups is 1. The van der Waals surface area contributed by atoms with Crippen molar-refractivity contribution >= 4 is 16.8 Å². The molecule has 258 valence electrons. The van der Waals surface area contributed by atoms with Crippen LogP contribution in [0.2, 0.25) is 0 Å². The van der Waals surface area contributed by atoms with E-state index >= 15 is 8.78 Å². The summed E-state index contributed by atoms with van der Waals surface area (Å²) < 4.78 is 101. The Morgan fingerprint density at radius 1 is 1.12 bits per heavy atom. The zero-order chi connectivity index (χ0) is 35.7. The van der Waals surface area contributed by atoms with Crippen LogP contribution >= 0.6 is 0 Å². The van der Waals surface area contributed by atoms with E-state index in [9.17, 15) is 31.9 Å². The van der Waals surface area contributed by atoms with Gasteiger partial charge in [0.25, 0.3) is 5.92 Å². The van der Waals surface area contributed by atoms with E-state index in [4.69, 9.17) is 0 Å². The number of nitrogens with zero attached hydrogens (tertiary/aromatic N) is 4. The molecule has 7 rings (SSSR count). The van der Waals surface area contributed by atoms with Crippen LogP contribution in [0.4, 0.5) is 30.7 Å². The van der Waals surface area contributed by atoms with Crippen molar-refractivity contribution < 1.29 is 40.6 Å². The summed E-state index contributed by atoms with van der Waals surface area (Å²) in [4.78, 5) is 18.4. The highest BCUT2D eigenvalue weighted by Gasteiger charge is 2.68. The Morgan fingerprint density at radius 3 is 2.56 bits per heavy atom. The number of aromatic nitrogens is 5. The lowest BCUT2D eigenvalue weighted by Crippen LogP contribution is -2.35. The maximum Gasteiger partial charge on any atom is 0.435 e. The fraction of sp³-hybridized carbons (Fsp3) is 0.314. The molecule has 0 aliphatic heterocycles. The Balaban J connectivity index is 1.33. The van der Waals surface area contributed by atoms with Crippen molar-refractivity contribution in [3.63, 3.8) is 0 Å². The fourth-order valence-corrected chi connectivity index (χ4v) is 6.61. The molecule has 0 spiro atoms. The van der Waals surface area contributed by atoms with Crippen LogP contribution in [0.25, 0.3) is 22.0 Å². The molecule has 1 fully saturated rings. The van der Waals surface area contributed by atoms with Gasteiger partial charge < -0.3 is 10.4 Å². The molecule has 0 unspecified atom stereocenters. The number of amides is 1. The van der Waals surface area contributed by atoms with Gasteiger partial charge in [0.15, 0.2) is 5.69 Å². The molecule has 2 aromatic carbocycles. The van der Waals surface area contributed by atoms with Crippen molar-refractivity contribution in [2.45, 2.75) is 62.9 Å². The predicted octanol–water partition coefficient (Wildman–Crippen LogP) is 6.55. The molecule has 5 aromatic rings. The van der Waals surface area contributed by atoms with Crippen molar-refractivity contribution in [3.05, 3.63) is 100 Å². The van der Waals surface area contributed by atoms with Gasteiger partial charge in [0, 0.05) is 28.5 Å². The number of benzene rings is 2. The lowest BCUT2D eigenvalue weighted by Gasteiger charge is -2.23. The van der Waals surface area contributed by atoms with Crippen molar-refractivity contribution in [3.8, 4) is 23.0 Å². The summed E-state index contributed by atoms with van der Waals surface area (Å²) in [6.07, 6.45) is -3.86. The molecule has 1 amide bonds. The van der Waals surface area contributed by atoms with Crippen molar-refractivity contribution in [1.82, 2.24) is 30.3 Å². The van der Waals surface area contributed by atoms with Gasteiger partial charge in [-0.1, -0.05) is 18.1 Å². The number of H-pyrrole nitrogens is 1. The second-order valence-electron chi connectivity index (χ2n) is 13.0. The number of alkyl halides is 5. The highest BCUT2D eigenvalue weighted by molar-refractivity contribution is 5.95. The molecule has 3 atom stereocenters. The number of carbonyl (C=O) groups is 1. The van der Waals surface area contributed by atoms with Crippen molar-refractivity contribution in [2.75, 3.05) is 0 Å². The second kappa shape index (κ2) is 11.7. The summed E-state index contributed by atoms with van der Waals surface area (Å²) in [6.45, 7) is 1.91. The van der Waals surface area contributed by atoms with Crippen molar-refractivity contribution in [1.29, 1.82) is 0 Å². The number of fused-ring (bicyclic) bond motifs is 4. The zero-order valence-corrected chi connectivity index (χ0v) is 26.3. The van der Waals surface area contributed by atoms with E-state index in [2.05, 4.69) is 37.4 Å². The number of hydrogen-bond donors (Lipinski definition) is 3. The summed E-state index contributed by atoms with van der Waals surface area (Å²) in [5.41, 5.74) is -2.37. The number of carbonyl (C=O) groups excluding carboxylic acids is 1. The molecule has 50 heavy (non-hydrogen) atoms. The quantitative estimate of drug-likeness (QED) is 0.132. The van der Waals surface area contributed by atoms with Crippen LogP contribution in [0.5, 0.6) is 0 Å². The van der Waals surface area contributed by atoms with Crippen LogP contribution in [-0.4, -0.2) is 41.6 Å². The van der Waals surface area contributed by atoms with E-state index < -0.39 is 76.6 Å². The van der Waals surface area contributed by atoms with Gasteiger partial charge in [0.2, 0.25) is 5.91 Å². The van der Waals surface area contributed by atoms with Crippen LogP contribution < -0.4 is 5.32 Å². The van der Waals surface area contributed by atoms with E-state index in [-0.39, 0.29) is 29.8 Å². The number of hydrogen-bond acceptors (Lipinski definition) is 5. The molecule has 0 bridgehead atoms. The molecule has 3 N–H and O–H groups in total. The monoisotopic (exact) mass is 696 g/mol. The topological polar surface area (TPSA) is 109 Å². The van der Waals surface area contributed by atoms with E-state index in [0.717, 1.165) is 12.1 Å². The molecule has 2 aliphatic rings. The predicted molar refractivity (Wildman–Crippen MR) is 165 cm³/mol. The average molecular weight is 697 g/mol. The van der Waals surface area contributed by atoms with Gasteiger partial charge in [0.1, 0.15) is 35.2 Å². The SMILES string of the molecule is CC(C)(O)C#Cc1ccc(-c2cccc3[nH]ncc23)c([C@H](Cc2cc(F)cc(F)c2)NC(=O)Cn2nc(C(F)(F)F)c3c2C(F)(F)[C@@H]2C[C@H]32)n1. The van der Waals surface area contributed by atoms with Gasteiger partial charge >= 0.3 is 6.18 Å². The second-order valence-corrected chi connectivity index (χ2v) is 13.0. The standard InChI is InChI=1S/C35H27F7N6O2/c1-33(2,50)9-8-20-6-7-22(21-4-3-5-26-24(21)15-43-46-26)30(44-20)27(12-17-10-18(36)13-19(37)11-17)45-28(49)16-48-32-29(31(47-48)35(40,41)42)23-14-25(23)34(32,38)39/h3-7,10-11,13,15,23,25,27,50H,12,14,16H2,1-2H3,(H,43,46)(H,45,49)/t23-,25+,27-/m0/s1. The van der Waals surface area contributed by atoms with Crippen LogP contribution in [0.3, 0.4) is 0 Å². The first kappa shape index (κ1) is 33.3. The normalized spacial score (nSPS) is 18.3. The van der Waals surface area contributed by atoms with Crippen LogP contribution in [-0.2, 0) is 29.9 Å². The van der Waals surface area contributed by atoms with Crippen LogP contribution in [0.15, 0.2) is 54.7 Å². The van der Waals surface area contributed by atoms with E-state index in [1.165, 1.54) is 13.8 Å². The molecule has 1 saturated carbocycles. The van der Waals surface area contributed by atoms with E-state index in [1.54, 1.807) is 36.5 Å². The largest absolute Gasteiger partial charge is 0.435 e. The maximum absolute atomic E-state index is 15.2. The molecule has 8 nitrogen and oxygen atoms in total. The van der Waals surface area contributed by atoms with Crippen molar-refractivity contribution in [2.24, 2.45) is 5.92 Å². The third-order valence-electron chi connectivity index (χ3n) is 8.72. The molecule has 3 aromatic heterocycles. The Bertz CT molecular complexity index is 2200. The highest BCUT2D eigenvalue weighted by atomic mass is 19.4. The first-order chi connectivity index (χ1) is 23.5. The Morgan fingerprint density at radius 2 is 1.86 bits per heavy atom. The molecular formula is C35H27F7N6O2. The van der Waals surface area contributed by atoms with Gasteiger partial charge in [-0.2, -0.15) is 32.1 Å². The van der Waals surface area contributed by atoms with Crippen LogP contribution in [0, 0.1) is 29.4 Å². The molecule has 0 saturated heterocycles. The summed E-state index contributed by atoms with van der Waals surface area (Å²) in [6, 6.07) is 9.98. The van der Waals surface area contributed by atoms with Gasteiger partial charge in [-0.3, -0.25) is 14.6 Å². The lowest BCUT2D eigenvalue weighted by atomic mass is 9.93. The third-order valence-corrected chi connectivity index (χ3v) is 8.72. The molecule has 2 aliphatic carbocycles. The first-order valence-electron chi connectivity index (χ1n) is 15.5. The van der Waals surface area contributed by atoms with Gasteiger partial charge in [-0.25, -0.2) is 13.8 Å². The number of aromatic amines is 1. The average Bonchev–Trinajstić information content (AvgIpc) is 3.39. The number of nitrogens with one attached hydrogen (secondary N) is 2.